The second-order valence-corrected chi connectivity index (χ2v) is 18.9. The summed E-state index contributed by atoms with van der Waals surface area (Å²) in [7, 11) is 0. The highest BCUT2D eigenvalue weighted by Crippen LogP contribution is 2.16. The summed E-state index contributed by atoms with van der Waals surface area (Å²) in [5, 5.41) is 0. The van der Waals surface area contributed by atoms with Gasteiger partial charge >= 0.3 is 17.9 Å². The predicted octanol–water partition coefficient (Wildman–Crippen LogP) is 18.5. The van der Waals surface area contributed by atoms with Crippen LogP contribution in [0.4, 0.5) is 0 Å². The smallest absolute Gasteiger partial charge is 0.306 e. The fraction of sp³-hybridized carbons (Fsp3) is 0.845. The van der Waals surface area contributed by atoms with Crippen LogP contribution in [0, 0.1) is 0 Å². The number of ether oxygens (including phenoxy) is 3. The van der Waals surface area contributed by atoms with E-state index in [1.165, 1.54) is 173 Å². The molecule has 0 amide bonds. The highest BCUT2D eigenvalue weighted by molar-refractivity contribution is 5.71. The maximum atomic E-state index is 12.8. The number of unbranched alkanes of at least 4 members (excludes halogenated alkanes) is 34. The maximum Gasteiger partial charge on any atom is 0.306 e. The largest absolute Gasteiger partial charge is 0.462 e. The first-order valence-corrected chi connectivity index (χ1v) is 28.0. The van der Waals surface area contributed by atoms with Crippen LogP contribution in [0.15, 0.2) is 36.5 Å². The fourth-order valence-corrected chi connectivity index (χ4v) is 8.16. The topological polar surface area (TPSA) is 78.9 Å². The standard InChI is InChI=1S/C58H106O6/c1-4-7-10-13-16-19-22-25-28-29-31-33-36-39-42-45-48-51-57(60)63-54-55(53-62-56(59)50-47-44-41-38-35-32-27-24-21-18-15-12-9-6-3)64-58(61)52-49-46-43-40-37-34-30-26-23-20-17-14-11-8-5-2/h16,19,25,28,31,33,55H,4-15,17-18,20-24,26-27,29-30,32,34-54H2,1-3H3/b19-16-,28-25-,33-31-/t55-/m1/s1. The van der Waals surface area contributed by atoms with Gasteiger partial charge in [0.25, 0.3) is 0 Å². The number of carbonyl (C=O) groups is 3. The molecule has 6 heteroatoms. The third-order valence-electron chi connectivity index (χ3n) is 12.4. The third kappa shape index (κ3) is 50.6. The number of esters is 3. The first kappa shape index (κ1) is 61.6. The molecule has 0 saturated carbocycles. The van der Waals surface area contributed by atoms with Gasteiger partial charge in [-0.3, -0.25) is 14.4 Å². The molecule has 0 rings (SSSR count). The Kier molecular flexibility index (Phi) is 51.3. The van der Waals surface area contributed by atoms with Crippen molar-refractivity contribution in [3.8, 4) is 0 Å². The Morgan fingerprint density at radius 3 is 0.906 bits per heavy atom. The average molecular weight is 899 g/mol. The van der Waals surface area contributed by atoms with E-state index in [4.69, 9.17) is 14.2 Å². The predicted molar refractivity (Wildman–Crippen MR) is 275 cm³/mol. The maximum absolute atomic E-state index is 12.8. The minimum atomic E-state index is -0.776. The summed E-state index contributed by atoms with van der Waals surface area (Å²) in [6.07, 6.45) is 62.7. The minimum absolute atomic E-state index is 0.0746. The fourth-order valence-electron chi connectivity index (χ4n) is 8.16. The Balaban J connectivity index is 4.38. The first-order chi connectivity index (χ1) is 31.5. The molecule has 0 spiro atoms. The molecule has 0 bridgehead atoms. The second kappa shape index (κ2) is 53.2. The van der Waals surface area contributed by atoms with Crippen molar-refractivity contribution in [1.29, 1.82) is 0 Å². The van der Waals surface area contributed by atoms with Crippen LogP contribution >= 0.6 is 0 Å². The Labute approximate surface area is 397 Å². The van der Waals surface area contributed by atoms with Gasteiger partial charge in [-0.25, -0.2) is 0 Å². The quantitative estimate of drug-likeness (QED) is 0.0262. The van der Waals surface area contributed by atoms with Crippen molar-refractivity contribution in [1.82, 2.24) is 0 Å². The van der Waals surface area contributed by atoms with Crippen LogP contribution < -0.4 is 0 Å². The van der Waals surface area contributed by atoms with Gasteiger partial charge in [-0.1, -0.05) is 256 Å². The van der Waals surface area contributed by atoms with Gasteiger partial charge in [0.1, 0.15) is 13.2 Å². The van der Waals surface area contributed by atoms with E-state index in [9.17, 15) is 14.4 Å². The van der Waals surface area contributed by atoms with Gasteiger partial charge < -0.3 is 14.2 Å². The Morgan fingerprint density at radius 1 is 0.312 bits per heavy atom. The molecule has 0 saturated heterocycles. The van der Waals surface area contributed by atoms with Crippen LogP contribution in [0.2, 0.25) is 0 Å². The van der Waals surface area contributed by atoms with Crippen LogP contribution in [-0.4, -0.2) is 37.2 Å². The van der Waals surface area contributed by atoms with Crippen LogP contribution in [0.5, 0.6) is 0 Å². The molecule has 0 aliphatic heterocycles. The molecule has 64 heavy (non-hydrogen) atoms. The number of rotatable bonds is 51. The van der Waals surface area contributed by atoms with Gasteiger partial charge in [0, 0.05) is 19.3 Å². The highest BCUT2D eigenvalue weighted by Gasteiger charge is 2.19. The summed E-state index contributed by atoms with van der Waals surface area (Å²) in [5.74, 6) is -0.880. The number of hydrogen-bond acceptors (Lipinski definition) is 6. The molecule has 0 radical (unpaired) electrons. The van der Waals surface area contributed by atoms with Crippen LogP contribution in [0.3, 0.4) is 0 Å². The molecule has 0 aromatic carbocycles. The van der Waals surface area contributed by atoms with E-state index in [1.54, 1.807) is 0 Å². The van der Waals surface area contributed by atoms with Gasteiger partial charge in [-0.2, -0.15) is 0 Å². The monoisotopic (exact) mass is 899 g/mol. The van der Waals surface area contributed by atoms with E-state index < -0.39 is 6.10 Å². The van der Waals surface area contributed by atoms with Gasteiger partial charge in [-0.05, 0) is 57.8 Å². The zero-order valence-corrected chi connectivity index (χ0v) is 42.8. The lowest BCUT2D eigenvalue weighted by atomic mass is 10.0. The third-order valence-corrected chi connectivity index (χ3v) is 12.4. The van der Waals surface area contributed by atoms with Crippen molar-refractivity contribution >= 4 is 17.9 Å². The van der Waals surface area contributed by atoms with E-state index in [2.05, 4.69) is 57.2 Å². The highest BCUT2D eigenvalue weighted by atomic mass is 16.6. The molecule has 0 aliphatic carbocycles. The molecule has 374 valence electrons. The molecule has 0 N–H and O–H groups in total. The summed E-state index contributed by atoms with van der Waals surface area (Å²) in [4.78, 5) is 38.1. The van der Waals surface area contributed by atoms with Crippen molar-refractivity contribution in [2.45, 2.75) is 303 Å². The number of carbonyl (C=O) groups excluding carboxylic acids is 3. The van der Waals surface area contributed by atoms with Crippen molar-refractivity contribution in [2.24, 2.45) is 0 Å². The lowest BCUT2D eigenvalue weighted by Crippen LogP contribution is -2.30. The van der Waals surface area contributed by atoms with Gasteiger partial charge in [0.2, 0.25) is 0 Å². The number of allylic oxidation sites excluding steroid dienone is 6. The number of hydrogen-bond donors (Lipinski definition) is 0. The van der Waals surface area contributed by atoms with E-state index in [0.717, 1.165) is 83.5 Å². The van der Waals surface area contributed by atoms with Crippen molar-refractivity contribution in [3.63, 3.8) is 0 Å². The molecule has 0 unspecified atom stereocenters. The van der Waals surface area contributed by atoms with Crippen molar-refractivity contribution in [2.75, 3.05) is 13.2 Å². The Bertz CT molecular complexity index is 1080. The molecule has 6 nitrogen and oxygen atoms in total. The summed E-state index contributed by atoms with van der Waals surface area (Å²) in [5.41, 5.74) is 0. The summed E-state index contributed by atoms with van der Waals surface area (Å²) < 4.78 is 16.8. The lowest BCUT2D eigenvalue weighted by Gasteiger charge is -2.18. The van der Waals surface area contributed by atoms with E-state index in [1.807, 2.05) is 0 Å². The molecule has 0 aromatic heterocycles. The van der Waals surface area contributed by atoms with Crippen LogP contribution in [0.1, 0.15) is 297 Å². The molecule has 0 aromatic rings. The summed E-state index contributed by atoms with van der Waals surface area (Å²) >= 11 is 0. The van der Waals surface area contributed by atoms with Gasteiger partial charge in [0.15, 0.2) is 6.10 Å². The first-order valence-electron chi connectivity index (χ1n) is 28.0. The zero-order chi connectivity index (χ0) is 46.5. The molecular weight excluding hydrogens is 793 g/mol. The van der Waals surface area contributed by atoms with E-state index >= 15 is 0 Å². The normalized spacial score (nSPS) is 12.2. The average Bonchev–Trinajstić information content (AvgIpc) is 3.29. The summed E-state index contributed by atoms with van der Waals surface area (Å²) in [6, 6.07) is 0. The SMILES string of the molecule is CCCCC/C=C\C/C=C\C/C=C\CCCCCCC(=O)OC[C@@H](COC(=O)CCCCCCCCCCCCCCCC)OC(=O)CCCCCCCCCCCCCCCCC. The summed E-state index contributed by atoms with van der Waals surface area (Å²) in [6.45, 7) is 6.63. The molecular formula is C58H106O6. The molecule has 0 fully saturated rings. The lowest BCUT2D eigenvalue weighted by molar-refractivity contribution is -0.167. The molecule has 1 atom stereocenters. The van der Waals surface area contributed by atoms with E-state index in [-0.39, 0.29) is 31.1 Å². The Morgan fingerprint density at radius 2 is 0.562 bits per heavy atom. The molecule has 0 heterocycles. The Hall–Kier alpha value is -2.37. The zero-order valence-electron chi connectivity index (χ0n) is 42.8. The second-order valence-electron chi connectivity index (χ2n) is 18.9. The van der Waals surface area contributed by atoms with Crippen LogP contribution in [0.25, 0.3) is 0 Å². The molecule has 0 aliphatic rings. The van der Waals surface area contributed by atoms with Crippen molar-refractivity contribution < 1.29 is 28.6 Å². The van der Waals surface area contributed by atoms with Gasteiger partial charge in [-0.15, -0.1) is 0 Å². The minimum Gasteiger partial charge on any atom is -0.462 e. The van der Waals surface area contributed by atoms with E-state index in [0.29, 0.717) is 19.3 Å². The van der Waals surface area contributed by atoms with Gasteiger partial charge in [0.05, 0.1) is 0 Å². The van der Waals surface area contributed by atoms with Crippen LogP contribution in [-0.2, 0) is 28.6 Å². The van der Waals surface area contributed by atoms with Crippen molar-refractivity contribution in [3.05, 3.63) is 36.5 Å².